The van der Waals surface area contributed by atoms with Crippen LogP contribution in [0, 0.1) is 11.7 Å². The highest BCUT2D eigenvalue weighted by atomic mass is 35.5. The molecule has 2 saturated heterocycles. The van der Waals surface area contributed by atoms with Crippen LogP contribution in [0.25, 0.3) is 0 Å². The van der Waals surface area contributed by atoms with Crippen LogP contribution in [0.5, 0.6) is 0 Å². The minimum atomic E-state index is -0.499. The van der Waals surface area contributed by atoms with Crippen molar-refractivity contribution in [2.24, 2.45) is 5.92 Å². The molecule has 0 amide bonds. The maximum atomic E-state index is 13.2. The molecule has 1 aromatic rings. The fourth-order valence-corrected chi connectivity index (χ4v) is 3.41. The lowest BCUT2D eigenvalue weighted by Gasteiger charge is -2.42. The second kappa shape index (κ2) is 6.03. The number of Topliss-reactive ketones (excluding diaryl/α,β-unsaturated/α-hetero) is 1. The first-order valence-electron chi connectivity index (χ1n) is 7.31. The van der Waals surface area contributed by atoms with Gasteiger partial charge in [0.15, 0.2) is 5.78 Å². The number of ether oxygens (including phenoxy) is 2. The van der Waals surface area contributed by atoms with E-state index >= 15 is 0 Å². The maximum absolute atomic E-state index is 13.2. The minimum absolute atomic E-state index is 0.00584. The van der Waals surface area contributed by atoms with Crippen molar-refractivity contribution in [3.63, 3.8) is 0 Å². The van der Waals surface area contributed by atoms with E-state index in [1.54, 1.807) is 0 Å². The monoisotopic (exact) mass is 312 g/mol. The molecular weight excluding hydrogens is 295 g/mol. The summed E-state index contributed by atoms with van der Waals surface area (Å²) in [5, 5.41) is -0.00584. The molecule has 1 unspecified atom stereocenters. The summed E-state index contributed by atoms with van der Waals surface area (Å²) < 4.78 is 24.5. The maximum Gasteiger partial charge on any atom is 0.166 e. The number of halogens is 2. The summed E-state index contributed by atoms with van der Waals surface area (Å²) in [6, 6.07) is 4.18. The van der Waals surface area contributed by atoms with Crippen molar-refractivity contribution in [1.82, 2.24) is 0 Å². The molecule has 0 radical (unpaired) electrons. The Morgan fingerprint density at radius 2 is 2.05 bits per heavy atom. The molecule has 0 bridgehead atoms. The lowest BCUT2D eigenvalue weighted by molar-refractivity contribution is -0.142. The van der Waals surface area contributed by atoms with Gasteiger partial charge in [-0.3, -0.25) is 4.79 Å². The normalized spacial score (nSPS) is 25.0. The first-order chi connectivity index (χ1) is 10.1. The van der Waals surface area contributed by atoms with Crippen LogP contribution in [-0.2, 0) is 9.47 Å². The summed E-state index contributed by atoms with van der Waals surface area (Å²) in [5.41, 5.74) is 0.260. The van der Waals surface area contributed by atoms with E-state index < -0.39 is 5.82 Å². The summed E-state index contributed by atoms with van der Waals surface area (Å²) >= 11 is 5.77. The van der Waals surface area contributed by atoms with Gasteiger partial charge in [0.1, 0.15) is 5.82 Å². The summed E-state index contributed by atoms with van der Waals surface area (Å²) in [6.45, 7) is 1.96. The molecule has 2 fully saturated rings. The van der Waals surface area contributed by atoms with Crippen LogP contribution >= 0.6 is 11.6 Å². The van der Waals surface area contributed by atoms with E-state index in [1.807, 2.05) is 0 Å². The molecule has 21 heavy (non-hydrogen) atoms. The SMILES string of the molecule is O=C(c1ccc(F)c(Cl)c1)C1CCOC2(CCOCC2)C1. The van der Waals surface area contributed by atoms with E-state index in [9.17, 15) is 9.18 Å². The van der Waals surface area contributed by atoms with Gasteiger partial charge < -0.3 is 9.47 Å². The highest BCUT2D eigenvalue weighted by molar-refractivity contribution is 6.31. The van der Waals surface area contributed by atoms with Crippen molar-refractivity contribution in [3.05, 3.63) is 34.6 Å². The van der Waals surface area contributed by atoms with E-state index in [-0.39, 0.29) is 22.3 Å². The van der Waals surface area contributed by atoms with Crippen LogP contribution in [0.3, 0.4) is 0 Å². The molecule has 114 valence electrons. The van der Waals surface area contributed by atoms with Crippen LogP contribution in [0.2, 0.25) is 5.02 Å². The fourth-order valence-electron chi connectivity index (χ4n) is 3.23. The van der Waals surface area contributed by atoms with Gasteiger partial charge in [0.25, 0.3) is 0 Å². The van der Waals surface area contributed by atoms with Crippen LogP contribution in [0.1, 0.15) is 36.0 Å². The Hall–Kier alpha value is -0.970. The Balaban J connectivity index is 1.76. The second-order valence-corrected chi connectivity index (χ2v) is 6.23. The van der Waals surface area contributed by atoms with E-state index in [0.717, 1.165) is 12.8 Å². The molecule has 0 saturated carbocycles. The highest BCUT2D eigenvalue weighted by Gasteiger charge is 2.41. The zero-order chi connectivity index (χ0) is 14.9. The third-order valence-corrected chi connectivity index (χ3v) is 4.76. The predicted molar refractivity (Wildman–Crippen MR) is 77.2 cm³/mol. The van der Waals surface area contributed by atoms with Crippen LogP contribution in [0.15, 0.2) is 18.2 Å². The molecule has 1 atom stereocenters. The largest absolute Gasteiger partial charge is 0.381 e. The molecular formula is C16H18ClFO3. The Morgan fingerprint density at radius 3 is 2.76 bits per heavy atom. The zero-order valence-corrected chi connectivity index (χ0v) is 12.5. The third kappa shape index (κ3) is 3.12. The number of benzene rings is 1. The molecule has 2 heterocycles. The standard InChI is InChI=1S/C16H18ClFO3/c17-13-9-11(1-2-14(13)18)15(19)12-3-6-21-16(10-12)4-7-20-8-5-16/h1-2,9,12H,3-8,10H2. The van der Waals surface area contributed by atoms with Crippen LogP contribution < -0.4 is 0 Å². The Kier molecular flexibility index (Phi) is 4.29. The van der Waals surface area contributed by atoms with Crippen molar-refractivity contribution in [2.75, 3.05) is 19.8 Å². The summed E-state index contributed by atoms with van der Waals surface area (Å²) in [5.74, 6) is -0.550. The molecule has 5 heteroatoms. The highest BCUT2D eigenvalue weighted by Crippen LogP contribution is 2.38. The molecule has 1 aromatic carbocycles. The Labute approximate surface area is 128 Å². The van der Waals surface area contributed by atoms with Gasteiger partial charge in [-0.15, -0.1) is 0 Å². The van der Waals surface area contributed by atoms with Gasteiger partial charge in [-0.1, -0.05) is 11.6 Å². The fraction of sp³-hybridized carbons (Fsp3) is 0.562. The lowest BCUT2D eigenvalue weighted by atomic mass is 9.78. The molecule has 0 aromatic heterocycles. The van der Waals surface area contributed by atoms with Gasteiger partial charge in [0.2, 0.25) is 0 Å². The quantitative estimate of drug-likeness (QED) is 0.782. The van der Waals surface area contributed by atoms with E-state index in [0.29, 0.717) is 38.2 Å². The number of ketones is 1. The van der Waals surface area contributed by atoms with Crippen molar-refractivity contribution >= 4 is 17.4 Å². The molecule has 3 rings (SSSR count). The summed E-state index contributed by atoms with van der Waals surface area (Å²) in [6.07, 6.45) is 3.09. The molecule has 0 N–H and O–H groups in total. The van der Waals surface area contributed by atoms with Crippen molar-refractivity contribution in [3.8, 4) is 0 Å². The number of rotatable bonds is 2. The van der Waals surface area contributed by atoms with Crippen LogP contribution in [-0.4, -0.2) is 31.2 Å². The number of carbonyl (C=O) groups is 1. The molecule has 0 aliphatic carbocycles. The number of hydrogen-bond donors (Lipinski definition) is 0. The summed E-state index contributed by atoms with van der Waals surface area (Å²) in [4.78, 5) is 12.6. The van der Waals surface area contributed by atoms with Crippen molar-refractivity contribution in [2.45, 2.75) is 31.3 Å². The number of hydrogen-bond acceptors (Lipinski definition) is 3. The van der Waals surface area contributed by atoms with Crippen LogP contribution in [0.4, 0.5) is 4.39 Å². The van der Waals surface area contributed by atoms with Gasteiger partial charge in [0, 0.05) is 31.3 Å². The predicted octanol–water partition coefficient (Wildman–Crippen LogP) is 3.64. The van der Waals surface area contributed by atoms with E-state index in [1.165, 1.54) is 18.2 Å². The van der Waals surface area contributed by atoms with Gasteiger partial charge >= 0.3 is 0 Å². The van der Waals surface area contributed by atoms with Crippen molar-refractivity contribution < 1.29 is 18.7 Å². The molecule has 3 nitrogen and oxygen atoms in total. The summed E-state index contributed by atoms with van der Waals surface area (Å²) in [7, 11) is 0. The van der Waals surface area contributed by atoms with Crippen molar-refractivity contribution in [1.29, 1.82) is 0 Å². The topological polar surface area (TPSA) is 35.5 Å². The third-order valence-electron chi connectivity index (χ3n) is 4.47. The first kappa shape index (κ1) is 14.9. The molecule has 2 aliphatic rings. The Morgan fingerprint density at radius 1 is 1.29 bits per heavy atom. The second-order valence-electron chi connectivity index (χ2n) is 5.83. The lowest BCUT2D eigenvalue weighted by Crippen LogP contribution is -2.45. The molecule has 1 spiro atoms. The number of carbonyl (C=O) groups excluding carboxylic acids is 1. The average molecular weight is 313 g/mol. The smallest absolute Gasteiger partial charge is 0.166 e. The van der Waals surface area contributed by atoms with Gasteiger partial charge in [-0.2, -0.15) is 0 Å². The van der Waals surface area contributed by atoms with Gasteiger partial charge in [-0.05, 0) is 43.9 Å². The van der Waals surface area contributed by atoms with E-state index in [4.69, 9.17) is 21.1 Å². The minimum Gasteiger partial charge on any atom is -0.381 e. The van der Waals surface area contributed by atoms with E-state index in [2.05, 4.69) is 0 Å². The first-order valence-corrected chi connectivity index (χ1v) is 7.68. The molecule has 2 aliphatic heterocycles. The van der Waals surface area contributed by atoms with Gasteiger partial charge in [0.05, 0.1) is 10.6 Å². The zero-order valence-electron chi connectivity index (χ0n) is 11.7. The Bertz CT molecular complexity index is 535. The van der Waals surface area contributed by atoms with Gasteiger partial charge in [-0.25, -0.2) is 4.39 Å². The average Bonchev–Trinajstić information content (AvgIpc) is 2.50.